The zero-order valence-corrected chi connectivity index (χ0v) is 8.19. The number of benzene rings is 1. The Balaban J connectivity index is 2.69. The lowest BCUT2D eigenvalue weighted by atomic mass is 10.1. The molecule has 0 aliphatic rings. The number of hydrogen-bond acceptors (Lipinski definition) is 3. The first-order valence-electron chi connectivity index (χ1n) is 4.56. The first kappa shape index (κ1) is 10.7. The minimum Gasteiger partial charge on any atom is -0.497 e. The normalized spacial score (nSPS) is 9.86. The van der Waals surface area contributed by atoms with Crippen LogP contribution < -0.4 is 4.74 Å². The molecule has 0 fully saturated rings. The van der Waals surface area contributed by atoms with Crippen molar-refractivity contribution in [3.05, 3.63) is 29.8 Å². The number of Topliss-reactive ketones (excluding diaryl/α,β-unsaturated/α-hetero) is 1. The van der Waals surface area contributed by atoms with Crippen molar-refractivity contribution >= 4 is 5.78 Å². The molecule has 1 aromatic rings. The fourth-order valence-electron chi connectivity index (χ4n) is 1.18. The molecule has 1 aromatic carbocycles. The molecule has 0 saturated carbocycles. The molecular formula is C11H14O3. The van der Waals surface area contributed by atoms with Gasteiger partial charge >= 0.3 is 0 Å². The quantitative estimate of drug-likeness (QED) is 0.725. The molecule has 0 bridgehead atoms. The van der Waals surface area contributed by atoms with Gasteiger partial charge in [-0.25, -0.2) is 0 Å². The van der Waals surface area contributed by atoms with Crippen LogP contribution in [-0.2, 0) is 0 Å². The summed E-state index contributed by atoms with van der Waals surface area (Å²) in [6, 6.07) is 7.04. The third-order valence-corrected chi connectivity index (χ3v) is 1.95. The van der Waals surface area contributed by atoms with Crippen molar-refractivity contribution in [3.8, 4) is 5.75 Å². The molecule has 0 saturated heterocycles. The van der Waals surface area contributed by atoms with E-state index in [-0.39, 0.29) is 12.4 Å². The summed E-state index contributed by atoms with van der Waals surface area (Å²) in [7, 11) is 1.57. The molecule has 1 rings (SSSR count). The molecule has 0 heterocycles. The van der Waals surface area contributed by atoms with Gasteiger partial charge in [-0.05, 0) is 18.6 Å². The van der Waals surface area contributed by atoms with Gasteiger partial charge < -0.3 is 9.84 Å². The first-order chi connectivity index (χ1) is 6.77. The number of carbonyl (C=O) groups excluding carboxylic acids is 1. The van der Waals surface area contributed by atoms with E-state index in [1.165, 1.54) is 0 Å². The van der Waals surface area contributed by atoms with Crippen molar-refractivity contribution < 1.29 is 14.6 Å². The largest absolute Gasteiger partial charge is 0.497 e. The standard InChI is InChI=1S/C11H14O3/c1-14-10-5-2-4-9(8-10)11(13)6-3-7-12/h2,4-5,8,12H,3,6-7H2,1H3. The van der Waals surface area contributed by atoms with Gasteiger partial charge in [0, 0.05) is 18.6 Å². The Morgan fingerprint density at radius 2 is 2.29 bits per heavy atom. The summed E-state index contributed by atoms with van der Waals surface area (Å²) >= 11 is 0. The van der Waals surface area contributed by atoms with Crippen molar-refractivity contribution in [1.82, 2.24) is 0 Å². The van der Waals surface area contributed by atoms with E-state index >= 15 is 0 Å². The lowest BCUT2D eigenvalue weighted by Crippen LogP contribution is -2.00. The molecule has 0 unspecified atom stereocenters. The SMILES string of the molecule is COc1cccc(C(=O)CCCO)c1. The summed E-state index contributed by atoms with van der Waals surface area (Å²) in [4.78, 5) is 11.5. The zero-order chi connectivity index (χ0) is 10.4. The van der Waals surface area contributed by atoms with Gasteiger partial charge in [0.05, 0.1) is 7.11 Å². The van der Waals surface area contributed by atoms with E-state index in [0.29, 0.717) is 24.2 Å². The maximum absolute atomic E-state index is 11.5. The lowest BCUT2D eigenvalue weighted by Gasteiger charge is -2.02. The number of aliphatic hydroxyl groups is 1. The minimum atomic E-state index is 0.0398. The molecule has 14 heavy (non-hydrogen) atoms. The molecular weight excluding hydrogens is 180 g/mol. The van der Waals surface area contributed by atoms with Gasteiger partial charge in [0.1, 0.15) is 5.75 Å². The molecule has 0 spiro atoms. The number of carbonyl (C=O) groups is 1. The van der Waals surface area contributed by atoms with E-state index in [4.69, 9.17) is 9.84 Å². The van der Waals surface area contributed by atoms with E-state index in [1.807, 2.05) is 0 Å². The van der Waals surface area contributed by atoms with Crippen molar-refractivity contribution in [2.24, 2.45) is 0 Å². The van der Waals surface area contributed by atoms with Gasteiger partial charge in [-0.2, -0.15) is 0 Å². The Morgan fingerprint density at radius 1 is 1.50 bits per heavy atom. The zero-order valence-electron chi connectivity index (χ0n) is 8.19. The highest BCUT2D eigenvalue weighted by molar-refractivity contribution is 5.96. The second kappa shape index (κ2) is 5.40. The van der Waals surface area contributed by atoms with Crippen molar-refractivity contribution in [1.29, 1.82) is 0 Å². The van der Waals surface area contributed by atoms with Crippen LogP contribution >= 0.6 is 0 Å². The van der Waals surface area contributed by atoms with Gasteiger partial charge in [0.25, 0.3) is 0 Å². The highest BCUT2D eigenvalue weighted by Crippen LogP contribution is 2.14. The third-order valence-electron chi connectivity index (χ3n) is 1.95. The van der Waals surface area contributed by atoms with E-state index in [1.54, 1.807) is 31.4 Å². The van der Waals surface area contributed by atoms with Gasteiger partial charge in [-0.15, -0.1) is 0 Å². The number of rotatable bonds is 5. The number of ketones is 1. The van der Waals surface area contributed by atoms with E-state index in [9.17, 15) is 4.79 Å². The molecule has 76 valence electrons. The Morgan fingerprint density at radius 3 is 2.93 bits per heavy atom. The Hall–Kier alpha value is -1.35. The van der Waals surface area contributed by atoms with Crippen molar-refractivity contribution in [2.45, 2.75) is 12.8 Å². The Labute approximate surface area is 83.3 Å². The first-order valence-corrected chi connectivity index (χ1v) is 4.56. The Bertz CT molecular complexity index is 307. The smallest absolute Gasteiger partial charge is 0.163 e. The molecule has 0 aliphatic heterocycles. The van der Waals surface area contributed by atoms with Gasteiger partial charge in [0.15, 0.2) is 5.78 Å². The van der Waals surface area contributed by atoms with Crippen LogP contribution in [0.5, 0.6) is 5.75 Å². The van der Waals surface area contributed by atoms with Crippen LogP contribution in [0.15, 0.2) is 24.3 Å². The number of hydrogen-bond donors (Lipinski definition) is 1. The lowest BCUT2D eigenvalue weighted by molar-refractivity contribution is 0.0971. The highest BCUT2D eigenvalue weighted by Gasteiger charge is 2.05. The fraction of sp³-hybridized carbons (Fsp3) is 0.364. The molecule has 0 amide bonds. The van der Waals surface area contributed by atoms with Gasteiger partial charge in [-0.3, -0.25) is 4.79 Å². The molecule has 1 N–H and O–H groups in total. The molecule has 0 aliphatic carbocycles. The predicted molar refractivity (Wildman–Crippen MR) is 53.6 cm³/mol. The Kier molecular flexibility index (Phi) is 4.13. The molecule has 3 nitrogen and oxygen atoms in total. The van der Waals surface area contributed by atoms with Crippen LogP contribution in [0.4, 0.5) is 0 Å². The monoisotopic (exact) mass is 194 g/mol. The van der Waals surface area contributed by atoms with Crippen LogP contribution in [0, 0.1) is 0 Å². The predicted octanol–water partition coefficient (Wildman–Crippen LogP) is 1.65. The van der Waals surface area contributed by atoms with E-state index in [2.05, 4.69) is 0 Å². The molecule has 0 atom stereocenters. The molecule has 0 radical (unpaired) electrons. The van der Waals surface area contributed by atoms with E-state index < -0.39 is 0 Å². The second-order valence-corrected chi connectivity index (χ2v) is 2.98. The van der Waals surface area contributed by atoms with Crippen LogP contribution in [0.25, 0.3) is 0 Å². The summed E-state index contributed by atoms with van der Waals surface area (Å²) in [6.07, 6.45) is 0.889. The van der Waals surface area contributed by atoms with Gasteiger partial charge in [-0.1, -0.05) is 12.1 Å². The van der Waals surface area contributed by atoms with E-state index in [0.717, 1.165) is 0 Å². The second-order valence-electron chi connectivity index (χ2n) is 2.98. The van der Waals surface area contributed by atoms with Crippen LogP contribution in [0.1, 0.15) is 23.2 Å². The maximum atomic E-state index is 11.5. The average Bonchev–Trinajstić information content (AvgIpc) is 2.26. The summed E-state index contributed by atoms with van der Waals surface area (Å²) in [6.45, 7) is 0.0513. The van der Waals surface area contributed by atoms with Crippen molar-refractivity contribution in [2.75, 3.05) is 13.7 Å². The summed E-state index contributed by atoms with van der Waals surface area (Å²) < 4.78 is 5.01. The van der Waals surface area contributed by atoms with Gasteiger partial charge in [0.2, 0.25) is 0 Å². The highest BCUT2D eigenvalue weighted by atomic mass is 16.5. The summed E-state index contributed by atoms with van der Waals surface area (Å²) in [5.41, 5.74) is 0.637. The topological polar surface area (TPSA) is 46.5 Å². The fourth-order valence-corrected chi connectivity index (χ4v) is 1.18. The number of aliphatic hydroxyl groups excluding tert-OH is 1. The average molecular weight is 194 g/mol. The summed E-state index contributed by atoms with van der Waals surface area (Å²) in [5, 5.41) is 8.59. The number of ether oxygens (including phenoxy) is 1. The molecule has 0 aromatic heterocycles. The van der Waals surface area contributed by atoms with Crippen LogP contribution in [0.3, 0.4) is 0 Å². The van der Waals surface area contributed by atoms with Crippen LogP contribution in [-0.4, -0.2) is 24.6 Å². The molecule has 3 heteroatoms. The number of methoxy groups -OCH3 is 1. The summed E-state index contributed by atoms with van der Waals surface area (Å²) in [5.74, 6) is 0.720. The minimum absolute atomic E-state index is 0.0398. The third kappa shape index (κ3) is 2.85. The van der Waals surface area contributed by atoms with Crippen molar-refractivity contribution in [3.63, 3.8) is 0 Å². The van der Waals surface area contributed by atoms with Crippen LogP contribution in [0.2, 0.25) is 0 Å². The maximum Gasteiger partial charge on any atom is 0.163 e.